The molecule has 0 spiro atoms. The summed E-state index contributed by atoms with van der Waals surface area (Å²) in [7, 11) is 0. The van der Waals surface area contributed by atoms with Gasteiger partial charge < -0.3 is 14.6 Å². The van der Waals surface area contributed by atoms with Gasteiger partial charge in [-0.3, -0.25) is 9.59 Å². The molecule has 1 fully saturated rings. The Morgan fingerprint density at radius 1 is 1.12 bits per heavy atom. The molecule has 5 heteroatoms. The predicted octanol–water partition coefficient (Wildman–Crippen LogP) is 3.01. The van der Waals surface area contributed by atoms with Gasteiger partial charge in [-0.2, -0.15) is 0 Å². The molecule has 0 aliphatic carbocycles. The van der Waals surface area contributed by atoms with Crippen molar-refractivity contribution in [3.05, 3.63) is 60.1 Å². The average molecular weight is 326 g/mol. The van der Waals surface area contributed by atoms with Crippen LogP contribution in [0.25, 0.3) is 0 Å². The highest BCUT2D eigenvalue weighted by Gasteiger charge is 2.29. The molecule has 1 atom stereocenters. The molecular formula is C19H22N2O3. The average Bonchev–Trinajstić information content (AvgIpc) is 3.16. The van der Waals surface area contributed by atoms with Gasteiger partial charge in [0, 0.05) is 19.0 Å². The summed E-state index contributed by atoms with van der Waals surface area (Å²) in [6.45, 7) is 3.15. The first kappa shape index (κ1) is 16.3. The van der Waals surface area contributed by atoms with Gasteiger partial charge in [-0.15, -0.1) is 0 Å². The first-order valence-electron chi connectivity index (χ1n) is 8.33. The van der Waals surface area contributed by atoms with E-state index in [-0.39, 0.29) is 23.8 Å². The number of hydrogen-bond donors (Lipinski definition) is 1. The van der Waals surface area contributed by atoms with E-state index >= 15 is 0 Å². The monoisotopic (exact) mass is 326 g/mol. The Hall–Kier alpha value is -2.56. The summed E-state index contributed by atoms with van der Waals surface area (Å²) in [5.74, 6) is 0.278. The Bertz CT molecular complexity index is 674. The van der Waals surface area contributed by atoms with Gasteiger partial charge in [0.2, 0.25) is 5.91 Å². The van der Waals surface area contributed by atoms with Crippen LogP contribution >= 0.6 is 0 Å². The summed E-state index contributed by atoms with van der Waals surface area (Å²) in [4.78, 5) is 26.4. The zero-order chi connectivity index (χ0) is 16.9. The zero-order valence-electron chi connectivity index (χ0n) is 13.8. The highest BCUT2D eigenvalue weighted by molar-refractivity contribution is 5.91. The molecule has 1 aromatic carbocycles. The Kier molecular flexibility index (Phi) is 4.99. The quantitative estimate of drug-likeness (QED) is 0.939. The van der Waals surface area contributed by atoms with Crippen molar-refractivity contribution < 1.29 is 14.0 Å². The summed E-state index contributed by atoms with van der Waals surface area (Å²) < 4.78 is 5.15. The van der Waals surface area contributed by atoms with Crippen LogP contribution in [0.5, 0.6) is 0 Å². The molecular weight excluding hydrogens is 304 g/mol. The third-order valence-corrected chi connectivity index (χ3v) is 4.54. The number of benzene rings is 1. The third-order valence-electron chi connectivity index (χ3n) is 4.54. The van der Waals surface area contributed by atoms with E-state index in [4.69, 9.17) is 4.42 Å². The topological polar surface area (TPSA) is 62.6 Å². The predicted molar refractivity (Wildman–Crippen MR) is 90.3 cm³/mol. The summed E-state index contributed by atoms with van der Waals surface area (Å²) >= 11 is 0. The Morgan fingerprint density at radius 2 is 1.83 bits per heavy atom. The second-order valence-electron chi connectivity index (χ2n) is 6.18. The molecule has 3 rings (SSSR count). The van der Waals surface area contributed by atoms with Gasteiger partial charge in [0.25, 0.3) is 5.91 Å². The van der Waals surface area contributed by atoms with Gasteiger partial charge in [0.05, 0.1) is 12.3 Å². The lowest BCUT2D eigenvalue weighted by atomic mass is 9.95. The summed E-state index contributed by atoms with van der Waals surface area (Å²) in [6.07, 6.45) is 2.86. The summed E-state index contributed by atoms with van der Waals surface area (Å²) in [6, 6.07) is 13.3. The fraction of sp³-hybridized carbons (Fsp3) is 0.368. The first-order chi connectivity index (χ1) is 11.6. The van der Waals surface area contributed by atoms with Crippen molar-refractivity contribution in [1.29, 1.82) is 0 Å². The molecule has 2 heterocycles. The van der Waals surface area contributed by atoms with Crippen LogP contribution in [0.15, 0.2) is 53.1 Å². The lowest BCUT2D eigenvalue weighted by Gasteiger charge is -2.31. The van der Waals surface area contributed by atoms with E-state index in [9.17, 15) is 9.59 Å². The number of hydrogen-bond acceptors (Lipinski definition) is 3. The minimum atomic E-state index is -0.100. The number of carbonyl (C=O) groups is 2. The van der Waals surface area contributed by atoms with Crippen molar-refractivity contribution in [3.63, 3.8) is 0 Å². The van der Waals surface area contributed by atoms with Crippen molar-refractivity contribution in [2.75, 3.05) is 13.1 Å². The molecule has 1 N–H and O–H groups in total. The molecule has 0 bridgehead atoms. The fourth-order valence-electron chi connectivity index (χ4n) is 3.06. The minimum absolute atomic E-state index is 0.0125. The molecule has 24 heavy (non-hydrogen) atoms. The van der Waals surface area contributed by atoms with Gasteiger partial charge in [0.15, 0.2) is 5.76 Å². The van der Waals surface area contributed by atoms with Crippen molar-refractivity contribution in [2.24, 2.45) is 5.92 Å². The summed E-state index contributed by atoms with van der Waals surface area (Å²) in [5, 5.41) is 3.08. The Balaban J connectivity index is 1.51. The normalized spacial score (nSPS) is 16.6. The number of likely N-dealkylation sites (tertiary alicyclic amines) is 1. The molecule has 5 nitrogen and oxygen atoms in total. The van der Waals surface area contributed by atoms with Gasteiger partial charge in [-0.25, -0.2) is 0 Å². The molecule has 1 aliphatic rings. The molecule has 1 saturated heterocycles. The maximum Gasteiger partial charge on any atom is 0.289 e. The number of furan rings is 1. The maximum atomic E-state index is 12.5. The van der Waals surface area contributed by atoms with Crippen LogP contribution in [0.4, 0.5) is 0 Å². The van der Waals surface area contributed by atoms with Crippen LogP contribution in [0.3, 0.4) is 0 Å². The fourth-order valence-corrected chi connectivity index (χ4v) is 3.06. The highest BCUT2D eigenvalue weighted by Crippen LogP contribution is 2.21. The highest BCUT2D eigenvalue weighted by atomic mass is 16.3. The van der Waals surface area contributed by atoms with E-state index in [1.165, 1.54) is 6.26 Å². The van der Waals surface area contributed by atoms with E-state index in [0.717, 1.165) is 5.56 Å². The van der Waals surface area contributed by atoms with Gasteiger partial charge in [-0.1, -0.05) is 30.3 Å². The summed E-state index contributed by atoms with van der Waals surface area (Å²) in [5.41, 5.74) is 1.09. The van der Waals surface area contributed by atoms with Crippen LogP contribution in [0, 0.1) is 5.92 Å². The van der Waals surface area contributed by atoms with Crippen LogP contribution < -0.4 is 5.32 Å². The molecule has 2 aromatic rings. The van der Waals surface area contributed by atoms with E-state index in [1.54, 1.807) is 17.0 Å². The molecule has 126 valence electrons. The molecule has 0 radical (unpaired) electrons. The van der Waals surface area contributed by atoms with Gasteiger partial charge >= 0.3 is 0 Å². The molecule has 0 saturated carbocycles. The largest absolute Gasteiger partial charge is 0.459 e. The third kappa shape index (κ3) is 3.67. The van der Waals surface area contributed by atoms with Crippen molar-refractivity contribution in [2.45, 2.75) is 25.8 Å². The molecule has 2 amide bonds. The maximum absolute atomic E-state index is 12.5. The van der Waals surface area contributed by atoms with Crippen molar-refractivity contribution in [3.8, 4) is 0 Å². The number of nitrogens with zero attached hydrogens (tertiary/aromatic N) is 1. The molecule has 1 unspecified atom stereocenters. The van der Waals surface area contributed by atoms with Crippen LogP contribution in [-0.2, 0) is 4.79 Å². The van der Waals surface area contributed by atoms with E-state index in [1.807, 2.05) is 37.3 Å². The van der Waals surface area contributed by atoms with E-state index in [2.05, 4.69) is 5.32 Å². The second kappa shape index (κ2) is 7.34. The molecule has 1 aromatic heterocycles. The lowest BCUT2D eigenvalue weighted by molar-refractivity contribution is -0.127. The number of nitrogens with one attached hydrogen (secondary N) is 1. The standard InChI is InChI=1S/C19H22N2O3/c1-14(15-6-3-2-4-7-15)20-18(22)16-9-11-21(12-10-16)19(23)17-8-5-13-24-17/h2-8,13-14,16H,9-12H2,1H3,(H,20,22). The SMILES string of the molecule is CC(NC(=O)C1CCN(C(=O)c2ccco2)CC1)c1ccccc1. The minimum Gasteiger partial charge on any atom is -0.459 e. The van der Waals surface area contributed by atoms with Crippen molar-refractivity contribution >= 4 is 11.8 Å². The molecule has 1 aliphatic heterocycles. The van der Waals surface area contributed by atoms with Crippen LogP contribution in [0.2, 0.25) is 0 Å². The van der Waals surface area contributed by atoms with Gasteiger partial charge in [-0.05, 0) is 37.5 Å². The lowest BCUT2D eigenvalue weighted by Crippen LogP contribution is -2.43. The first-order valence-corrected chi connectivity index (χ1v) is 8.33. The number of rotatable bonds is 4. The van der Waals surface area contributed by atoms with Gasteiger partial charge in [0.1, 0.15) is 0 Å². The van der Waals surface area contributed by atoms with E-state index < -0.39 is 0 Å². The smallest absolute Gasteiger partial charge is 0.289 e. The Labute approximate surface area is 141 Å². The second-order valence-corrected chi connectivity index (χ2v) is 6.18. The van der Waals surface area contributed by atoms with Crippen molar-refractivity contribution in [1.82, 2.24) is 10.2 Å². The number of piperidine rings is 1. The zero-order valence-corrected chi connectivity index (χ0v) is 13.8. The Morgan fingerprint density at radius 3 is 2.46 bits per heavy atom. The van der Waals surface area contributed by atoms with Crippen LogP contribution in [0.1, 0.15) is 41.9 Å². The number of amides is 2. The van der Waals surface area contributed by atoms with E-state index in [0.29, 0.717) is 31.7 Å². The van der Waals surface area contributed by atoms with Crippen LogP contribution in [-0.4, -0.2) is 29.8 Å². The number of carbonyl (C=O) groups excluding carboxylic acids is 2.